The largest absolute Gasteiger partial charge is 0.497 e. The van der Waals surface area contributed by atoms with Gasteiger partial charge in [-0.15, -0.1) is 11.8 Å². The van der Waals surface area contributed by atoms with Crippen LogP contribution >= 0.6 is 11.8 Å². The van der Waals surface area contributed by atoms with Gasteiger partial charge < -0.3 is 10.1 Å². The van der Waals surface area contributed by atoms with Crippen molar-refractivity contribution in [2.45, 2.75) is 24.6 Å². The third kappa shape index (κ3) is 6.70. The molecule has 0 aliphatic heterocycles. The van der Waals surface area contributed by atoms with Crippen LogP contribution in [0.15, 0.2) is 83.9 Å². The number of nitrogens with one attached hydrogen (secondary N) is 2. The van der Waals surface area contributed by atoms with E-state index < -0.39 is 0 Å². The van der Waals surface area contributed by atoms with Crippen LogP contribution in [0.25, 0.3) is 0 Å². The highest BCUT2D eigenvalue weighted by atomic mass is 32.2. The van der Waals surface area contributed by atoms with E-state index in [4.69, 9.17) is 4.74 Å². The summed E-state index contributed by atoms with van der Waals surface area (Å²) in [5, 5.41) is 6.20. The summed E-state index contributed by atoms with van der Waals surface area (Å²) in [6.07, 6.45) is 0. The number of amides is 2. The number of methoxy groups -OCH3 is 1. The molecule has 0 aliphatic carbocycles. The fourth-order valence-corrected chi connectivity index (χ4v) is 4.29. The zero-order valence-electron chi connectivity index (χ0n) is 20.2. The number of aryl methyl sites for hydroxylation is 2. The van der Waals surface area contributed by atoms with Crippen LogP contribution in [0.3, 0.4) is 0 Å². The van der Waals surface area contributed by atoms with E-state index in [0.717, 1.165) is 22.4 Å². The highest BCUT2D eigenvalue weighted by molar-refractivity contribution is 7.98. The lowest BCUT2D eigenvalue weighted by molar-refractivity contribution is 0.101. The molecule has 3 aromatic carbocycles. The number of hydrogen-bond acceptors (Lipinski definition) is 6. The van der Waals surface area contributed by atoms with Gasteiger partial charge in [0, 0.05) is 22.9 Å². The summed E-state index contributed by atoms with van der Waals surface area (Å²) in [6.45, 7) is 3.84. The molecule has 1 heterocycles. The zero-order valence-corrected chi connectivity index (χ0v) is 21.1. The zero-order chi connectivity index (χ0) is 25.5. The fourth-order valence-electron chi connectivity index (χ4n) is 3.43. The van der Waals surface area contributed by atoms with Gasteiger partial charge in [0.15, 0.2) is 0 Å². The average molecular weight is 499 g/mol. The normalized spacial score (nSPS) is 10.5. The Balaban J connectivity index is 1.57. The Morgan fingerprint density at radius 1 is 0.806 bits per heavy atom. The smallest absolute Gasteiger partial charge is 0.258 e. The van der Waals surface area contributed by atoms with Crippen molar-refractivity contribution in [1.82, 2.24) is 9.97 Å². The first-order chi connectivity index (χ1) is 17.4. The van der Waals surface area contributed by atoms with Crippen LogP contribution in [0.4, 0.5) is 11.8 Å². The van der Waals surface area contributed by atoms with Gasteiger partial charge in [-0.2, -0.15) is 4.98 Å². The molecule has 2 N–H and O–H groups in total. The second kappa shape index (κ2) is 11.5. The van der Waals surface area contributed by atoms with Crippen LogP contribution in [0.5, 0.6) is 5.75 Å². The van der Waals surface area contributed by atoms with E-state index in [-0.39, 0.29) is 17.8 Å². The van der Waals surface area contributed by atoms with Crippen molar-refractivity contribution >= 4 is 35.3 Å². The predicted molar refractivity (Wildman–Crippen MR) is 143 cm³/mol. The fraction of sp³-hybridized carbons (Fsp3) is 0.143. The number of rotatable bonds is 8. The summed E-state index contributed by atoms with van der Waals surface area (Å²) in [7, 11) is 1.63. The lowest BCUT2D eigenvalue weighted by Crippen LogP contribution is -2.17. The molecule has 0 fully saturated rings. The van der Waals surface area contributed by atoms with Crippen LogP contribution in [0.1, 0.15) is 37.4 Å². The molecule has 182 valence electrons. The van der Waals surface area contributed by atoms with E-state index >= 15 is 0 Å². The van der Waals surface area contributed by atoms with Gasteiger partial charge in [-0.25, -0.2) is 4.98 Å². The molecule has 1 aromatic heterocycles. The van der Waals surface area contributed by atoms with Crippen molar-refractivity contribution in [3.8, 4) is 5.75 Å². The van der Waals surface area contributed by atoms with Gasteiger partial charge in [0.25, 0.3) is 11.8 Å². The molecule has 7 nitrogen and oxygen atoms in total. The second-order valence-corrected chi connectivity index (χ2v) is 9.19. The number of aromatic nitrogens is 2. The van der Waals surface area contributed by atoms with Crippen molar-refractivity contribution in [2.24, 2.45) is 0 Å². The number of ether oxygens (including phenoxy) is 1. The molecule has 0 atom stereocenters. The average Bonchev–Trinajstić information content (AvgIpc) is 2.87. The summed E-state index contributed by atoms with van der Waals surface area (Å²) in [4.78, 5) is 34.5. The number of carbonyl (C=O) groups is 2. The van der Waals surface area contributed by atoms with Gasteiger partial charge in [-0.1, -0.05) is 47.5 Å². The number of carbonyl (C=O) groups excluding carboxylic acids is 2. The molecule has 0 saturated heterocycles. The van der Waals surface area contributed by atoms with Crippen molar-refractivity contribution in [1.29, 1.82) is 0 Å². The van der Waals surface area contributed by atoms with Crippen molar-refractivity contribution in [2.75, 3.05) is 17.7 Å². The Morgan fingerprint density at radius 3 is 2.00 bits per heavy atom. The van der Waals surface area contributed by atoms with Crippen molar-refractivity contribution in [3.63, 3.8) is 0 Å². The van der Waals surface area contributed by atoms with Gasteiger partial charge in [-0.05, 0) is 55.8 Å². The minimum absolute atomic E-state index is 0.112. The first kappa shape index (κ1) is 24.9. The number of benzene rings is 3. The molecule has 0 aliphatic rings. The van der Waals surface area contributed by atoms with E-state index in [0.29, 0.717) is 27.7 Å². The molecule has 0 spiro atoms. The third-order valence-electron chi connectivity index (χ3n) is 5.28. The lowest BCUT2D eigenvalue weighted by atomic mass is 10.1. The summed E-state index contributed by atoms with van der Waals surface area (Å²) < 4.78 is 5.22. The molecule has 4 rings (SSSR count). The van der Waals surface area contributed by atoms with Crippen LogP contribution in [0, 0.1) is 13.8 Å². The predicted octanol–water partition coefficient (Wildman–Crippen LogP) is 5.90. The first-order valence-corrected chi connectivity index (χ1v) is 12.3. The SMILES string of the molecule is COc1ccc(CSc2cc(NC(=O)c3cccc(C)c3)nc(NC(=O)c3cccc(C)c3)n2)cc1. The minimum Gasteiger partial charge on any atom is -0.497 e. The van der Waals surface area contributed by atoms with Gasteiger partial charge in [0.2, 0.25) is 5.95 Å². The summed E-state index contributed by atoms with van der Waals surface area (Å²) in [5.41, 5.74) is 4.05. The quantitative estimate of drug-likeness (QED) is 0.232. The first-order valence-electron chi connectivity index (χ1n) is 11.3. The summed E-state index contributed by atoms with van der Waals surface area (Å²) >= 11 is 1.47. The minimum atomic E-state index is -0.327. The molecule has 4 aromatic rings. The summed E-state index contributed by atoms with van der Waals surface area (Å²) in [6, 6.07) is 24.0. The standard InChI is InChI=1S/C28H26N4O3S/c1-18-6-4-8-21(14-18)26(33)29-24-16-25(36-17-20-10-12-23(35-3)13-11-20)31-28(30-24)32-27(34)22-9-5-7-19(2)15-22/h4-16H,17H2,1-3H3,(H2,29,30,31,32,33,34). The second-order valence-electron chi connectivity index (χ2n) is 8.20. The molecule has 0 saturated carbocycles. The van der Waals surface area contributed by atoms with E-state index in [1.165, 1.54) is 11.8 Å². The maximum Gasteiger partial charge on any atom is 0.258 e. The number of hydrogen-bond donors (Lipinski definition) is 2. The number of thioether (sulfide) groups is 1. The highest BCUT2D eigenvalue weighted by Crippen LogP contribution is 2.26. The van der Waals surface area contributed by atoms with Gasteiger partial charge >= 0.3 is 0 Å². The number of nitrogens with zero attached hydrogens (tertiary/aromatic N) is 2. The Labute approximate surface area is 214 Å². The van der Waals surface area contributed by atoms with E-state index in [9.17, 15) is 9.59 Å². The highest BCUT2D eigenvalue weighted by Gasteiger charge is 2.14. The molecule has 0 radical (unpaired) electrons. The van der Waals surface area contributed by atoms with Crippen LogP contribution in [-0.2, 0) is 5.75 Å². The third-order valence-corrected chi connectivity index (χ3v) is 6.26. The molecular weight excluding hydrogens is 472 g/mol. The topological polar surface area (TPSA) is 93.2 Å². The van der Waals surface area contributed by atoms with Gasteiger partial charge in [-0.3, -0.25) is 14.9 Å². The van der Waals surface area contributed by atoms with Gasteiger partial charge in [0.05, 0.1) is 7.11 Å². The Morgan fingerprint density at radius 2 is 1.42 bits per heavy atom. The van der Waals surface area contributed by atoms with Crippen LogP contribution in [0.2, 0.25) is 0 Å². The maximum atomic E-state index is 12.8. The maximum absolute atomic E-state index is 12.8. The Hall–Kier alpha value is -4.17. The summed E-state index contributed by atoms with van der Waals surface area (Å²) in [5.74, 6) is 1.21. The van der Waals surface area contributed by atoms with Crippen LogP contribution < -0.4 is 15.4 Å². The van der Waals surface area contributed by atoms with E-state index in [1.54, 1.807) is 37.4 Å². The van der Waals surface area contributed by atoms with Crippen LogP contribution in [-0.4, -0.2) is 28.9 Å². The molecule has 0 bridgehead atoms. The monoisotopic (exact) mass is 498 g/mol. The number of anilines is 2. The Bertz CT molecular complexity index is 1310. The lowest BCUT2D eigenvalue weighted by Gasteiger charge is -2.11. The molecule has 36 heavy (non-hydrogen) atoms. The van der Waals surface area contributed by atoms with Gasteiger partial charge in [0.1, 0.15) is 16.6 Å². The molecular formula is C28H26N4O3S. The van der Waals surface area contributed by atoms with E-state index in [2.05, 4.69) is 20.6 Å². The van der Waals surface area contributed by atoms with Crippen molar-refractivity contribution < 1.29 is 14.3 Å². The van der Waals surface area contributed by atoms with E-state index in [1.807, 2.05) is 62.4 Å². The molecule has 2 amide bonds. The Kier molecular flexibility index (Phi) is 7.97. The molecule has 0 unspecified atom stereocenters. The molecule has 8 heteroatoms. The van der Waals surface area contributed by atoms with Crippen molar-refractivity contribution in [3.05, 3.63) is 107 Å².